The Bertz CT molecular complexity index is 163. The van der Waals surface area contributed by atoms with E-state index in [1.165, 1.54) is 19.3 Å². The van der Waals surface area contributed by atoms with Gasteiger partial charge in [0.15, 0.2) is 0 Å². The molecule has 13 heavy (non-hydrogen) atoms. The van der Waals surface area contributed by atoms with Crippen LogP contribution in [0.3, 0.4) is 0 Å². The molecule has 1 fully saturated rings. The third-order valence-corrected chi connectivity index (χ3v) is 2.56. The molecule has 2 atom stereocenters. The van der Waals surface area contributed by atoms with Crippen molar-refractivity contribution >= 4 is 5.78 Å². The maximum absolute atomic E-state index is 10.9. The van der Waals surface area contributed by atoms with Gasteiger partial charge in [-0.3, -0.25) is 4.79 Å². The summed E-state index contributed by atoms with van der Waals surface area (Å²) in [5.74, 6) is 0.252. The van der Waals surface area contributed by atoms with Crippen molar-refractivity contribution in [2.45, 2.75) is 64.6 Å². The average molecular weight is 184 g/mol. The molecule has 0 aromatic rings. The van der Waals surface area contributed by atoms with Crippen LogP contribution in [0.1, 0.15) is 52.4 Å². The van der Waals surface area contributed by atoms with E-state index in [2.05, 4.69) is 6.92 Å². The fraction of sp³-hybridized carbons (Fsp3) is 0.909. The Kier molecular flexibility index (Phi) is 4.43. The zero-order valence-electron chi connectivity index (χ0n) is 8.71. The molecule has 0 saturated carbocycles. The third-order valence-electron chi connectivity index (χ3n) is 2.56. The van der Waals surface area contributed by atoms with Crippen molar-refractivity contribution in [3.63, 3.8) is 0 Å². The first-order chi connectivity index (χ1) is 6.22. The maximum Gasteiger partial charge on any atom is 0.132 e. The van der Waals surface area contributed by atoms with Crippen molar-refractivity contribution in [1.82, 2.24) is 0 Å². The van der Waals surface area contributed by atoms with Crippen LogP contribution in [0.2, 0.25) is 0 Å². The molecule has 2 nitrogen and oxygen atoms in total. The van der Waals surface area contributed by atoms with Crippen molar-refractivity contribution in [2.24, 2.45) is 0 Å². The molecule has 1 aliphatic heterocycles. The highest BCUT2D eigenvalue weighted by Crippen LogP contribution is 2.23. The van der Waals surface area contributed by atoms with Gasteiger partial charge in [0.2, 0.25) is 0 Å². The van der Waals surface area contributed by atoms with Crippen LogP contribution in [-0.4, -0.2) is 18.0 Å². The van der Waals surface area contributed by atoms with Gasteiger partial charge in [-0.1, -0.05) is 13.3 Å². The van der Waals surface area contributed by atoms with Crippen LogP contribution < -0.4 is 0 Å². The highest BCUT2D eigenvalue weighted by molar-refractivity contribution is 5.75. The van der Waals surface area contributed by atoms with Crippen LogP contribution >= 0.6 is 0 Å². The van der Waals surface area contributed by atoms with Crippen molar-refractivity contribution < 1.29 is 9.53 Å². The lowest BCUT2D eigenvalue weighted by Crippen LogP contribution is -2.28. The molecule has 2 heteroatoms. The summed E-state index contributed by atoms with van der Waals surface area (Å²) in [4.78, 5) is 10.9. The van der Waals surface area contributed by atoms with Gasteiger partial charge in [0.05, 0.1) is 12.2 Å². The summed E-state index contributed by atoms with van der Waals surface area (Å²) in [5.41, 5.74) is 0. The summed E-state index contributed by atoms with van der Waals surface area (Å²) >= 11 is 0. The molecule has 0 bridgehead atoms. The van der Waals surface area contributed by atoms with Crippen LogP contribution in [0.25, 0.3) is 0 Å². The number of hydrogen-bond donors (Lipinski definition) is 0. The molecule has 0 amide bonds. The summed E-state index contributed by atoms with van der Waals surface area (Å²) in [6, 6.07) is 0. The van der Waals surface area contributed by atoms with Crippen molar-refractivity contribution in [2.75, 3.05) is 0 Å². The van der Waals surface area contributed by atoms with Gasteiger partial charge < -0.3 is 4.74 Å². The van der Waals surface area contributed by atoms with E-state index in [0.29, 0.717) is 12.5 Å². The molecule has 0 aliphatic carbocycles. The fourth-order valence-corrected chi connectivity index (χ4v) is 1.99. The second kappa shape index (κ2) is 5.38. The predicted molar refractivity (Wildman–Crippen MR) is 52.7 cm³/mol. The normalized spacial score (nSPS) is 28.8. The minimum absolute atomic E-state index is 0.211. The minimum atomic E-state index is 0.211. The highest BCUT2D eigenvalue weighted by Gasteiger charge is 2.22. The number of hydrogen-bond acceptors (Lipinski definition) is 2. The van der Waals surface area contributed by atoms with Crippen molar-refractivity contribution in [1.29, 1.82) is 0 Å². The zero-order chi connectivity index (χ0) is 9.68. The van der Waals surface area contributed by atoms with E-state index in [1.807, 2.05) is 0 Å². The molecule has 1 rings (SSSR count). The molecule has 0 unspecified atom stereocenters. The summed E-state index contributed by atoms with van der Waals surface area (Å²) in [6.45, 7) is 3.82. The molecule has 0 aromatic heterocycles. The summed E-state index contributed by atoms with van der Waals surface area (Å²) < 4.78 is 5.82. The van der Waals surface area contributed by atoms with Crippen LogP contribution in [0.5, 0.6) is 0 Å². The van der Waals surface area contributed by atoms with E-state index in [-0.39, 0.29) is 11.9 Å². The first-order valence-corrected chi connectivity index (χ1v) is 5.37. The highest BCUT2D eigenvalue weighted by atomic mass is 16.5. The van der Waals surface area contributed by atoms with Gasteiger partial charge in [0.25, 0.3) is 0 Å². The molecular weight excluding hydrogens is 164 g/mol. The zero-order valence-corrected chi connectivity index (χ0v) is 8.71. The molecule has 76 valence electrons. The van der Waals surface area contributed by atoms with Gasteiger partial charge in [-0.15, -0.1) is 0 Å². The van der Waals surface area contributed by atoms with E-state index in [9.17, 15) is 4.79 Å². The molecule has 0 radical (unpaired) electrons. The molecule has 0 N–H and O–H groups in total. The Balaban J connectivity index is 2.28. The number of carbonyl (C=O) groups excluding carboxylic acids is 1. The first-order valence-electron chi connectivity index (χ1n) is 5.37. The first kappa shape index (κ1) is 10.7. The lowest BCUT2D eigenvalue weighted by molar-refractivity contribution is -0.123. The molecular formula is C11H20O2. The van der Waals surface area contributed by atoms with Crippen molar-refractivity contribution in [3.05, 3.63) is 0 Å². The largest absolute Gasteiger partial charge is 0.375 e. The number of rotatable bonds is 4. The molecule has 1 aliphatic rings. The van der Waals surface area contributed by atoms with E-state index in [0.717, 1.165) is 12.8 Å². The molecule has 1 heterocycles. The van der Waals surface area contributed by atoms with E-state index < -0.39 is 0 Å². The quantitative estimate of drug-likeness (QED) is 0.671. The minimum Gasteiger partial charge on any atom is -0.375 e. The Hall–Kier alpha value is -0.370. The Morgan fingerprint density at radius 1 is 1.38 bits per heavy atom. The van der Waals surface area contributed by atoms with Gasteiger partial charge in [0.1, 0.15) is 5.78 Å². The van der Waals surface area contributed by atoms with Crippen LogP contribution in [0.15, 0.2) is 0 Å². The van der Waals surface area contributed by atoms with Crippen LogP contribution in [0, 0.1) is 0 Å². The van der Waals surface area contributed by atoms with E-state index >= 15 is 0 Å². The Morgan fingerprint density at radius 3 is 2.69 bits per heavy atom. The summed E-state index contributed by atoms with van der Waals surface area (Å²) in [7, 11) is 0. The number of Topliss-reactive ketones (excluding diaryl/α,β-unsaturated/α-hetero) is 1. The Morgan fingerprint density at radius 2 is 2.08 bits per heavy atom. The van der Waals surface area contributed by atoms with Crippen LogP contribution in [0.4, 0.5) is 0 Å². The van der Waals surface area contributed by atoms with Crippen LogP contribution in [-0.2, 0) is 9.53 Å². The smallest absolute Gasteiger partial charge is 0.132 e. The monoisotopic (exact) mass is 184 g/mol. The molecule has 0 spiro atoms. The lowest BCUT2D eigenvalue weighted by Gasteiger charge is -2.29. The topological polar surface area (TPSA) is 26.3 Å². The summed E-state index contributed by atoms with van der Waals surface area (Å²) in [6.07, 6.45) is 7.04. The fourth-order valence-electron chi connectivity index (χ4n) is 1.99. The predicted octanol–water partition coefficient (Wildman–Crippen LogP) is 2.70. The maximum atomic E-state index is 10.9. The third kappa shape index (κ3) is 3.90. The molecule has 1 saturated heterocycles. The second-order valence-corrected chi connectivity index (χ2v) is 4.01. The lowest BCUT2D eigenvalue weighted by atomic mass is 9.98. The number of carbonyl (C=O) groups is 1. The number of ketones is 1. The Labute approximate surface area is 80.7 Å². The van der Waals surface area contributed by atoms with Crippen molar-refractivity contribution in [3.8, 4) is 0 Å². The van der Waals surface area contributed by atoms with E-state index in [4.69, 9.17) is 4.74 Å². The average Bonchev–Trinajstić information content (AvgIpc) is 2.04. The number of ether oxygens (including phenoxy) is 1. The van der Waals surface area contributed by atoms with Gasteiger partial charge in [-0.05, 0) is 32.6 Å². The van der Waals surface area contributed by atoms with Gasteiger partial charge in [0, 0.05) is 6.42 Å². The van der Waals surface area contributed by atoms with Gasteiger partial charge in [-0.2, -0.15) is 0 Å². The SMILES string of the molecule is CCC[C@H]1CCC[C@@H](CC(C)=O)O1. The standard InChI is InChI=1S/C11H20O2/c1-3-5-10-6-4-7-11(13-10)8-9(2)12/h10-11H,3-8H2,1-2H3/t10-,11-/m0/s1. The molecule has 0 aromatic carbocycles. The van der Waals surface area contributed by atoms with Gasteiger partial charge in [-0.25, -0.2) is 0 Å². The van der Waals surface area contributed by atoms with E-state index in [1.54, 1.807) is 6.92 Å². The second-order valence-electron chi connectivity index (χ2n) is 4.01. The summed E-state index contributed by atoms with van der Waals surface area (Å²) in [5, 5.41) is 0. The van der Waals surface area contributed by atoms with Gasteiger partial charge >= 0.3 is 0 Å².